The zero-order valence-electron chi connectivity index (χ0n) is 11.3. The molecule has 0 fully saturated rings. The molecule has 0 saturated heterocycles. The molecular formula is C14H20BrNO2. The lowest BCUT2D eigenvalue weighted by molar-refractivity contribution is -0.153. The second-order valence-corrected chi connectivity index (χ2v) is 6.16. The highest BCUT2D eigenvalue weighted by Crippen LogP contribution is 2.17. The van der Waals surface area contributed by atoms with Crippen LogP contribution in [0.3, 0.4) is 0 Å². The van der Waals surface area contributed by atoms with Crippen molar-refractivity contribution in [1.29, 1.82) is 0 Å². The van der Waals surface area contributed by atoms with Crippen molar-refractivity contribution in [3.05, 3.63) is 34.3 Å². The van der Waals surface area contributed by atoms with E-state index >= 15 is 0 Å². The summed E-state index contributed by atoms with van der Waals surface area (Å²) >= 11 is 3.43. The summed E-state index contributed by atoms with van der Waals surface area (Å²) in [4.78, 5) is 11.6. The lowest BCUT2D eigenvalue weighted by atomic mass is 10.1. The molecule has 1 rings (SSSR count). The van der Waals surface area contributed by atoms with Gasteiger partial charge in [-0.2, -0.15) is 0 Å². The Labute approximate surface area is 117 Å². The Bertz CT molecular complexity index is 413. The van der Waals surface area contributed by atoms with Crippen molar-refractivity contribution in [2.24, 2.45) is 0 Å². The van der Waals surface area contributed by atoms with Gasteiger partial charge in [-0.1, -0.05) is 28.1 Å². The van der Waals surface area contributed by atoms with E-state index in [-0.39, 0.29) is 18.6 Å². The SMILES string of the molecule is C[C@@H](NCC(=O)OC(C)(C)C)c1cccc(Br)c1. The fourth-order valence-corrected chi connectivity index (χ4v) is 1.92. The number of ether oxygens (including phenoxy) is 1. The average Bonchev–Trinajstić information content (AvgIpc) is 2.23. The maximum Gasteiger partial charge on any atom is 0.320 e. The Morgan fingerprint density at radius 3 is 2.67 bits per heavy atom. The minimum atomic E-state index is -0.433. The number of rotatable bonds is 4. The van der Waals surface area contributed by atoms with Gasteiger partial charge in [0.1, 0.15) is 5.60 Å². The van der Waals surface area contributed by atoms with Gasteiger partial charge in [-0.15, -0.1) is 0 Å². The lowest BCUT2D eigenvalue weighted by Crippen LogP contribution is -2.32. The van der Waals surface area contributed by atoms with Gasteiger partial charge >= 0.3 is 5.97 Å². The summed E-state index contributed by atoms with van der Waals surface area (Å²) < 4.78 is 6.27. The van der Waals surface area contributed by atoms with Crippen molar-refractivity contribution in [2.75, 3.05) is 6.54 Å². The van der Waals surface area contributed by atoms with Crippen LogP contribution < -0.4 is 5.32 Å². The molecule has 0 bridgehead atoms. The molecule has 100 valence electrons. The largest absolute Gasteiger partial charge is 0.459 e. The third-order valence-electron chi connectivity index (χ3n) is 2.32. The molecular weight excluding hydrogens is 294 g/mol. The molecule has 0 spiro atoms. The second kappa shape index (κ2) is 6.34. The first-order valence-electron chi connectivity index (χ1n) is 5.98. The maximum atomic E-state index is 11.6. The Morgan fingerprint density at radius 2 is 2.11 bits per heavy atom. The first-order chi connectivity index (χ1) is 8.28. The van der Waals surface area contributed by atoms with E-state index in [9.17, 15) is 4.79 Å². The van der Waals surface area contributed by atoms with Crippen LogP contribution >= 0.6 is 15.9 Å². The highest BCUT2D eigenvalue weighted by Gasteiger charge is 2.16. The van der Waals surface area contributed by atoms with E-state index < -0.39 is 5.60 Å². The second-order valence-electron chi connectivity index (χ2n) is 5.24. The topological polar surface area (TPSA) is 38.3 Å². The molecule has 1 aromatic rings. The standard InChI is InChI=1S/C14H20BrNO2/c1-10(11-6-5-7-12(15)8-11)16-9-13(17)18-14(2,3)4/h5-8,10,16H,9H2,1-4H3/t10-/m1/s1. The van der Waals surface area contributed by atoms with E-state index in [1.54, 1.807) is 0 Å². The Hall–Kier alpha value is -0.870. The Morgan fingerprint density at radius 1 is 1.44 bits per heavy atom. The van der Waals surface area contributed by atoms with Crippen LogP contribution in [-0.2, 0) is 9.53 Å². The third kappa shape index (κ3) is 5.65. The fraction of sp³-hybridized carbons (Fsp3) is 0.500. The molecule has 0 aliphatic carbocycles. The minimum absolute atomic E-state index is 0.106. The number of esters is 1. The van der Waals surface area contributed by atoms with Crippen LogP contribution in [0.1, 0.15) is 39.3 Å². The summed E-state index contributed by atoms with van der Waals surface area (Å²) in [5.41, 5.74) is 0.700. The molecule has 4 heteroatoms. The summed E-state index contributed by atoms with van der Waals surface area (Å²) in [7, 11) is 0. The van der Waals surface area contributed by atoms with E-state index in [1.165, 1.54) is 0 Å². The molecule has 1 aromatic carbocycles. The van der Waals surface area contributed by atoms with Crippen molar-refractivity contribution < 1.29 is 9.53 Å². The quantitative estimate of drug-likeness (QED) is 0.865. The molecule has 0 saturated carbocycles. The van der Waals surface area contributed by atoms with Crippen molar-refractivity contribution >= 4 is 21.9 Å². The van der Waals surface area contributed by atoms with E-state index in [2.05, 4.69) is 21.2 Å². The zero-order chi connectivity index (χ0) is 13.8. The Kier molecular flexibility index (Phi) is 5.35. The average molecular weight is 314 g/mol. The summed E-state index contributed by atoms with van der Waals surface area (Å²) in [5, 5.41) is 3.15. The number of benzene rings is 1. The highest BCUT2D eigenvalue weighted by atomic mass is 79.9. The molecule has 1 atom stereocenters. The molecule has 0 unspecified atom stereocenters. The van der Waals surface area contributed by atoms with Crippen molar-refractivity contribution in [3.63, 3.8) is 0 Å². The van der Waals surface area contributed by atoms with Crippen molar-refractivity contribution in [3.8, 4) is 0 Å². The first kappa shape index (κ1) is 15.2. The Balaban J connectivity index is 2.46. The van der Waals surface area contributed by atoms with E-state index in [1.807, 2.05) is 52.0 Å². The molecule has 1 N–H and O–H groups in total. The van der Waals surface area contributed by atoms with Crippen LogP contribution in [0.15, 0.2) is 28.7 Å². The lowest BCUT2D eigenvalue weighted by Gasteiger charge is -2.21. The smallest absolute Gasteiger partial charge is 0.320 e. The van der Waals surface area contributed by atoms with Gasteiger partial charge in [-0.3, -0.25) is 4.79 Å². The predicted octanol–water partition coefficient (Wildman–Crippen LogP) is 3.44. The van der Waals surface area contributed by atoms with Gasteiger partial charge in [0.05, 0.1) is 6.54 Å². The van der Waals surface area contributed by atoms with Gasteiger partial charge in [0.25, 0.3) is 0 Å². The highest BCUT2D eigenvalue weighted by molar-refractivity contribution is 9.10. The molecule has 0 radical (unpaired) electrons. The number of carbonyl (C=O) groups excluding carboxylic acids is 1. The van der Waals surface area contributed by atoms with Crippen molar-refractivity contribution in [1.82, 2.24) is 5.32 Å². The van der Waals surface area contributed by atoms with Crippen LogP contribution in [0.25, 0.3) is 0 Å². The predicted molar refractivity (Wildman–Crippen MR) is 76.4 cm³/mol. The van der Waals surface area contributed by atoms with E-state index in [0.29, 0.717) is 0 Å². The van der Waals surface area contributed by atoms with Gasteiger partial charge in [-0.05, 0) is 45.4 Å². The van der Waals surface area contributed by atoms with Crippen LogP contribution in [0, 0.1) is 0 Å². The number of nitrogens with one attached hydrogen (secondary N) is 1. The third-order valence-corrected chi connectivity index (χ3v) is 2.81. The summed E-state index contributed by atoms with van der Waals surface area (Å²) in [6.45, 7) is 7.82. The summed E-state index contributed by atoms with van der Waals surface area (Å²) in [5.74, 6) is -0.232. The molecule has 0 aromatic heterocycles. The molecule has 18 heavy (non-hydrogen) atoms. The number of halogens is 1. The van der Waals surface area contributed by atoms with Crippen LogP contribution in [0.2, 0.25) is 0 Å². The van der Waals surface area contributed by atoms with Crippen LogP contribution in [0.4, 0.5) is 0 Å². The van der Waals surface area contributed by atoms with Crippen LogP contribution in [-0.4, -0.2) is 18.1 Å². The molecule has 0 amide bonds. The van der Waals surface area contributed by atoms with Gasteiger partial charge in [-0.25, -0.2) is 0 Å². The molecule has 3 nitrogen and oxygen atoms in total. The normalized spacial score (nSPS) is 13.2. The number of carbonyl (C=O) groups is 1. The van der Waals surface area contributed by atoms with Crippen LogP contribution in [0.5, 0.6) is 0 Å². The van der Waals surface area contributed by atoms with Gasteiger partial charge in [0, 0.05) is 10.5 Å². The molecule has 0 aliphatic rings. The summed E-state index contributed by atoms with van der Waals surface area (Å²) in [6, 6.07) is 8.12. The first-order valence-corrected chi connectivity index (χ1v) is 6.78. The summed E-state index contributed by atoms with van der Waals surface area (Å²) in [6.07, 6.45) is 0. The molecule has 0 aliphatic heterocycles. The number of hydrogen-bond acceptors (Lipinski definition) is 3. The monoisotopic (exact) mass is 313 g/mol. The fourth-order valence-electron chi connectivity index (χ4n) is 1.51. The van der Waals surface area contributed by atoms with Gasteiger partial charge in [0.15, 0.2) is 0 Å². The minimum Gasteiger partial charge on any atom is -0.459 e. The number of hydrogen-bond donors (Lipinski definition) is 1. The van der Waals surface area contributed by atoms with E-state index in [0.717, 1.165) is 10.0 Å². The zero-order valence-corrected chi connectivity index (χ0v) is 12.9. The maximum absolute atomic E-state index is 11.6. The van der Waals surface area contributed by atoms with Crippen molar-refractivity contribution in [2.45, 2.75) is 39.3 Å². The molecule has 0 heterocycles. The van der Waals surface area contributed by atoms with E-state index in [4.69, 9.17) is 4.74 Å². The van der Waals surface area contributed by atoms with Gasteiger partial charge < -0.3 is 10.1 Å². The van der Waals surface area contributed by atoms with Gasteiger partial charge in [0.2, 0.25) is 0 Å².